The van der Waals surface area contributed by atoms with Gasteiger partial charge in [-0.2, -0.15) is 0 Å². The summed E-state index contributed by atoms with van der Waals surface area (Å²) in [6.45, 7) is 3.90. The number of hydrogen-bond acceptors (Lipinski definition) is 6. The Hall–Kier alpha value is -2.39. The molecule has 4 heterocycles. The largest absolute Gasteiger partial charge is 0.375 e. The topological polar surface area (TPSA) is 94.1 Å². The number of aliphatic hydroxyl groups excluding tert-OH is 1. The molecule has 35 heavy (non-hydrogen) atoms. The van der Waals surface area contributed by atoms with E-state index in [0.717, 1.165) is 71.3 Å². The van der Waals surface area contributed by atoms with Crippen LogP contribution in [0.4, 0.5) is 15.8 Å². The first-order valence-electron chi connectivity index (χ1n) is 13.1. The number of nitrogens with one attached hydrogen (secondary N) is 2. The Bertz CT molecular complexity index is 920. The van der Waals surface area contributed by atoms with Gasteiger partial charge in [0.25, 0.3) is 0 Å². The SMILES string of the molecule is O=C1NC(O)CCC1Nc1ccc(N2CCC(CC(=O)N3CCC4(CCCO4)CC3)CC2)c(F)c1. The second-order valence-corrected chi connectivity index (χ2v) is 10.6. The molecule has 4 fully saturated rings. The predicted octanol–water partition coefficient (Wildman–Crippen LogP) is 2.61. The third-order valence-electron chi connectivity index (χ3n) is 8.27. The summed E-state index contributed by atoms with van der Waals surface area (Å²) in [6.07, 6.45) is 6.64. The van der Waals surface area contributed by atoms with Gasteiger partial charge >= 0.3 is 0 Å². The van der Waals surface area contributed by atoms with Crippen LogP contribution in [0.25, 0.3) is 0 Å². The molecule has 3 N–H and O–H groups in total. The van der Waals surface area contributed by atoms with Crippen molar-refractivity contribution >= 4 is 23.2 Å². The van der Waals surface area contributed by atoms with Crippen molar-refractivity contribution in [2.45, 2.75) is 75.7 Å². The van der Waals surface area contributed by atoms with Crippen molar-refractivity contribution in [3.8, 4) is 0 Å². The maximum absolute atomic E-state index is 14.9. The first kappa shape index (κ1) is 24.3. The van der Waals surface area contributed by atoms with Crippen LogP contribution in [0, 0.1) is 11.7 Å². The summed E-state index contributed by atoms with van der Waals surface area (Å²) in [5.74, 6) is -0.0170. The number of carbonyl (C=O) groups is 2. The Kier molecular flexibility index (Phi) is 7.16. The van der Waals surface area contributed by atoms with Crippen molar-refractivity contribution in [2.24, 2.45) is 5.92 Å². The number of piperidine rings is 3. The zero-order valence-corrected chi connectivity index (χ0v) is 20.3. The number of benzene rings is 1. The number of hydrogen-bond donors (Lipinski definition) is 3. The molecular weight excluding hydrogens is 451 g/mol. The lowest BCUT2D eigenvalue weighted by atomic mass is 9.87. The van der Waals surface area contributed by atoms with Gasteiger partial charge in [0.05, 0.1) is 11.3 Å². The van der Waals surface area contributed by atoms with Crippen molar-refractivity contribution in [3.63, 3.8) is 0 Å². The van der Waals surface area contributed by atoms with Crippen molar-refractivity contribution in [1.82, 2.24) is 10.2 Å². The highest BCUT2D eigenvalue weighted by molar-refractivity contribution is 5.85. The molecule has 0 aliphatic carbocycles. The lowest BCUT2D eigenvalue weighted by molar-refractivity contribution is -0.137. The first-order chi connectivity index (χ1) is 16.9. The van der Waals surface area contributed by atoms with Crippen LogP contribution < -0.4 is 15.5 Å². The van der Waals surface area contributed by atoms with Gasteiger partial charge in [-0.15, -0.1) is 0 Å². The summed E-state index contributed by atoms with van der Waals surface area (Å²) in [6, 6.07) is 4.50. The van der Waals surface area contributed by atoms with Gasteiger partial charge in [-0.25, -0.2) is 4.39 Å². The minimum Gasteiger partial charge on any atom is -0.375 e. The lowest BCUT2D eigenvalue weighted by Crippen LogP contribution is -2.49. The van der Waals surface area contributed by atoms with Crippen LogP contribution in [0.2, 0.25) is 0 Å². The summed E-state index contributed by atoms with van der Waals surface area (Å²) in [5, 5.41) is 15.1. The van der Waals surface area contributed by atoms with Gasteiger partial charge < -0.3 is 30.3 Å². The zero-order chi connectivity index (χ0) is 24.4. The maximum atomic E-state index is 14.9. The zero-order valence-electron chi connectivity index (χ0n) is 20.3. The third kappa shape index (κ3) is 5.56. The molecule has 1 aromatic carbocycles. The van der Waals surface area contributed by atoms with Crippen LogP contribution in [0.3, 0.4) is 0 Å². The van der Waals surface area contributed by atoms with Crippen LogP contribution in [0.5, 0.6) is 0 Å². The average Bonchev–Trinajstić information content (AvgIpc) is 3.30. The minimum absolute atomic E-state index is 0.0303. The van der Waals surface area contributed by atoms with Gasteiger partial charge in [0, 0.05) is 44.9 Å². The molecule has 2 unspecified atom stereocenters. The van der Waals surface area contributed by atoms with Crippen LogP contribution in [0.1, 0.15) is 57.8 Å². The molecule has 5 rings (SSSR count). The normalized spacial score (nSPS) is 27.2. The minimum atomic E-state index is -0.809. The molecule has 192 valence electrons. The van der Waals surface area contributed by atoms with Gasteiger partial charge in [-0.1, -0.05) is 0 Å². The molecule has 1 aromatic rings. The summed E-state index contributed by atoms with van der Waals surface area (Å²) >= 11 is 0. The van der Waals surface area contributed by atoms with E-state index < -0.39 is 12.3 Å². The highest BCUT2D eigenvalue weighted by Crippen LogP contribution is 2.36. The third-order valence-corrected chi connectivity index (χ3v) is 8.27. The lowest BCUT2D eigenvalue weighted by Gasteiger charge is -2.39. The predicted molar refractivity (Wildman–Crippen MR) is 130 cm³/mol. The van der Waals surface area contributed by atoms with E-state index in [2.05, 4.69) is 10.6 Å². The fraction of sp³-hybridized carbons (Fsp3) is 0.692. The molecule has 2 amide bonds. The standard InChI is InChI=1S/C26H37FN4O4/c27-20-17-19(28-21-3-5-23(32)29-25(21)34)2-4-22(20)30-11-6-18(7-12-30)16-24(33)31-13-9-26(10-14-31)8-1-15-35-26/h2,4,17-18,21,23,28,32H,1,3,5-16H2,(H,29,34). The number of rotatable bonds is 5. The second kappa shape index (κ2) is 10.3. The summed E-state index contributed by atoms with van der Waals surface area (Å²) < 4.78 is 20.9. The van der Waals surface area contributed by atoms with E-state index in [0.29, 0.717) is 36.6 Å². The Labute approximate surface area is 206 Å². The summed E-state index contributed by atoms with van der Waals surface area (Å²) in [5.41, 5.74) is 1.14. The van der Waals surface area contributed by atoms with Crippen LogP contribution in [-0.4, -0.2) is 72.5 Å². The van der Waals surface area contributed by atoms with Crippen LogP contribution in [-0.2, 0) is 14.3 Å². The average molecular weight is 489 g/mol. The Morgan fingerprint density at radius 1 is 1.14 bits per heavy atom. The Morgan fingerprint density at radius 3 is 2.57 bits per heavy atom. The molecular formula is C26H37FN4O4. The highest BCUT2D eigenvalue weighted by Gasteiger charge is 2.39. The number of carbonyl (C=O) groups excluding carboxylic acids is 2. The van der Waals surface area contributed by atoms with E-state index in [-0.39, 0.29) is 23.2 Å². The fourth-order valence-corrected chi connectivity index (χ4v) is 6.05. The van der Waals surface area contributed by atoms with Gasteiger partial charge in [-0.05, 0) is 75.5 Å². The number of halogens is 1. The molecule has 4 saturated heterocycles. The molecule has 0 radical (unpaired) electrons. The quantitative estimate of drug-likeness (QED) is 0.590. The summed E-state index contributed by atoms with van der Waals surface area (Å²) in [7, 11) is 0. The Balaban J connectivity index is 1.09. The van der Waals surface area contributed by atoms with Crippen LogP contribution in [0.15, 0.2) is 18.2 Å². The first-order valence-corrected chi connectivity index (χ1v) is 13.1. The molecule has 0 bridgehead atoms. The smallest absolute Gasteiger partial charge is 0.244 e. The number of ether oxygens (including phenoxy) is 1. The molecule has 1 spiro atoms. The van der Waals surface area contributed by atoms with E-state index in [9.17, 15) is 19.1 Å². The van der Waals surface area contributed by atoms with E-state index in [1.165, 1.54) is 6.07 Å². The fourth-order valence-electron chi connectivity index (χ4n) is 6.05. The molecule has 2 atom stereocenters. The second-order valence-electron chi connectivity index (χ2n) is 10.6. The maximum Gasteiger partial charge on any atom is 0.244 e. The van der Waals surface area contributed by atoms with E-state index in [1.807, 2.05) is 9.80 Å². The van der Waals surface area contributed by atoms with E-state index in [1.54, 1.807) is 12.1 Å². The van der Waals surface area contributed by atoms with Gasteiger partial charge in [-0.3, -0.25) is 9.59 Å². The molecule has 0 saturated carbocycles. The van der Waals surface area contributed by atoms with E-state index in [4.69, 9.17) is 4.74 Å². The van der Waals surface area contributed by atoms with Crippen molar-refractivity contribution < 1.29 is 23.8 Å². The number of aliphatic hydroxyl groups is 1. The van der Waals surface area contributed by atoms with Crippen molar-refractivity contribution in [2.75, 3.05) is 43.0 Å². The van der Waals surface area contributed by atoms with Gasteiger partial charge in [0.15, 0.2) is 0 Å². The molecule has 0 aromatic heterocycles. The molecule has 4 aliphatic rings. The molecule has 4 aliphatic heterocycles. The van der Waals surface area contributed by atoms with Crippen molar-refractivity contribution in [1.29, 1.82) is 0 Å². The number of nitrogens with zero attached hydrogens (tertiary/aromatic N) is 2. The van der Waals surface area contributed by atoms with Gasteiger partial charge in [0.2, 0.25) is 11.8 Å². The number of amides is 2. The number of likely N-dealkylation sites (tertiary alicyclic amines) is 1. The summed E-state index contributed by atoms with van der Waals surface area (Å²) in [4.78, 5) is 28.9. The molecule has 9 heteroatoms. The monoisotopic (exact) mass is 488 g/mol. The Morgan fingerprint density at radius 2 is 1.91 bits per heavy atom. The van der Waals surface area contributed by atoms with Crippen LogP contribution >= 0.6 is 0 Å². The van der Waals surface area contributed by atoms with Gasteiger partial charge in [0.1, 0.15) is 18.1 Å². The number of anilines is 2. The highest BCUT2D eigenvalue weighted by atomic mass is 19.1. The van der Waals surface area contributed by atoms with E-state index >= 15 is 0 Å². The van der Waals surface area contributed by atoms with Crippen molar-refractivity contribution in [3.05, 3.63) is 24.0 Å². The molecule has 8 nitrogen and oxygen atoms in total.